The molecule has 1 N–H and O–H groups in total. The summed E-state index contributed by atoms with van der Waals surface area (Å²) in [5.41, 5.74) is 2.97. The zero-order valence-electron chi connectivity index (χ0n) is 17.2. The Hall–Kier alpha value is -2.88. The van der Waals surface area contributed by atoms with Crippen molar-refractivity contribution in [3.8, 4) is 11.5 Å². The van der Waals surface area contributed by atoms with E-state index in [0.717, 1.165) is 16.8 Å². The number of halogens is 2. The Morgan fingerprint density at radius 1 is 0.806 bits per heavy atom. The zero-order valence-corrected chi connectivity index (χ0v) is 18.7. The van der Waals surface area contributed by atoms with E-state index in [-0.39, 0.29) is 0 Å². The molecule has 0 atom stereocenters. The first-order valence-electron chi connectivity index (χ1n) is 10.2. The molecule has 0 heterocycles. The van der Waals surface area contributed by atoms with Gasteiger partial charge in [0, 0.05) is 28.2 Å². The number of rotatable bonds is 8. The molecule has 0 aromatic heterocycles. The summed E-state index contributed by atoms with van der Waals surface area (Å²) in [5.74, 6) is 1.15. The van der Waals surface area contributed by atoms with E-state index in [0.29, 0.717) is 41.3 Å². The standard InChI is InChI=1S/C26H23Cl2NO2/c1-2-30-25-15-18(16-29-24-13-7-10-19-8-3-5-11-21(19)24)14-23(28)26(25)31-17-20-9-4-6-12-22(20)27/h3-15,29H,2,16-17H2,1H3. The molecule has 31 heavy (non-hydrogen) atoms. The van der Waals surface area contributed by atoms with Crippen LogP contribution in [0.4, 0.5) is 5.69 Å². The fourth-order valence-corrected chi connectivity index (χ4v) is 3.95. The van der Waals surface area contributed by atoms with E-state index in [1.54, 1.807) is 0 Å². The second kappa shape index (κ2) is 9.95. The van der Waals surface area contributed by atoms with Crippen LogP contribution in [-0.2, 0) is 13.2 Å². The van der Waals surface area contributed by atoms with Crippen LogP contribution in [0, 0.1) is 0 Å². The Morgan fingerprint density at radius 2 is 1.58 bits per heavy atom. The maximum absolute atomic E-state index is 6.59. The van der Waals surface area contributed by atoms with Crippen molar-refractivity contribution < 1.29 is 9.47 Å². The van der Waals surface area contributed by atoms with Gasteiger partial charge in [0.25, 0.3) is 0 Å². The largest absolute Gasteiger partial charge is 0.490 e. The van der Waals surface area contributed by atoms with Crippen molar-refractivity contribution >= 4 is 39.7 Å². The lowest BCUT2D eigenvalue weighted by Gasteiger charge is -2.16. The third-order valence-electron chi connectivity index (χ3n) is 4.97. The van der Waals surface area contributed by atoms with Gasteiger partial charge in [0.1, 0.15) is 6.61 Å². The molecule has 4 aromatic carbocycles. The van der Waals surface area contributed by atoms with Crippen molar-refractivity contribution in [2.75, 3.05) is 11.9 Å². The topological polar surface area (TPSA) is 30.5 Å². The molecular formula is C26H23Cl2NO2. The van der Waals surface area contributed by atoms with Gasteiger partial charge < -0.3 is 14.8 Å². The lowest BCUT2D eigenvalue weighted by Crippen LogP contribution is -2.04. The van der Waals surface area contributed by atoms with E-state index in [9.17, 15) is 0 Å². The molecule has 4 rings (SSSR count). The van der Waals surface area contributed by atoms with Crippen LogP contribution in [0.2, 0.25) is 10.0 Å². The van der Waals surface area contributed by atoms with Crippen molar-refractivity contribution in [3.63, 3.8) is 0 Å². The van der Waals surface area contributed by atoms with Crippen LogP contribution in [0.15, 0.2) is 78.9 Å². The minimum Gasteiger partial charge on any atom is -0.490 e. The van der Waals surface area contributed by atoms with Crippen LogP contribution in [0.25, 0.3) is 10.8 Å². The highest BCUT2D eigenvalue weighted by Crippen LogP contribution is 2.38. The lowest BCUT2D eigenvalue weighted by atomic mass is 10.1. The Balaban J connectivity index is 1.54. The van der Waals surface area contributed by atoms with Gasteiger partial charge >= 0.3 is 0 Å². The minimum atomic E-state index is 0.313. The maximum atomic E-state index is 6.59. The molecule has 0 unspecified atom stereocenters. The van der Waals surface area contributed by atoms with Gasteiger partial charge in [0.15, 0.2) is 11.5 Å². The van der Waals surface area contributed by atoms with E-state index in [4.69, 9.17) is 32.7 Å². The highest BCUT2D eigenvalue weighted by molar-refractivity contribution is 6.32. The molecule has 0 spiro atoms. The van der Waals surface area contributed by atoms with Crippen LogP contribution in [-0.4, -0.2) is 6.61 Å². The first-order valence-corrected chi connectivity index (χ1v) is 10.9. The lowest BCUT2D eigenvalue weighted by molar-refractivity contribution is 0.269. The molecule has 0 amide bonds. The van der Waals surface area contributed by atoms with Gasteiger partial charge in [0.05, 0.1) is 11.6 Å². The summed E-state index contributed by atoms with van der Waals surface area (Å²) < 4.78 is 11.8. The van der Waals surface area contributed by atoms with Crippen LogP contribution in [0.1, 0.15) is 18.1 Å². The quantitative estimate of drug-likeness (QED) is 0.297. The normalized spacial score (nSPS) is 10.8. The second-order valence-corrected chi connectivity index (χ2v) is 7.91. The molecule has 0 aliphatic rings. The van der Waals surface area contributed by atoms with Gasteiger partial charge in [0.2, 0.25) is 0 Å². The summed E-state index contributed by atoms with van der Waals surface area (Å²) in [5, 5.41) is 7.06. The molecular weight excluding hydrogens is 429 g/mol. The Bertz CT molecular complexity index is 1190. The zero-order chi connectivity index (χ0) is 21.6. The average Bonchev–Trinajstić information content (AvgIpc) is 2.78. The molecule has 0 aliphatic carbocycles. The Morgan fingerprint density at radius 3 is 2.42 bits per heavy atom. The summed E-state index contributed by atoms with van der Waals surface area (Å²) in [6, 6.07) is 26.0. The molecule has 5 heteroatoms. The maximum Gasteiger partial charge on any atom is 0.180 e. The molecule has 0 radical (unpaired) electrons. The summed E-state index contributed by atoms with van der Waals surface area (Å²) in [6.07, 6.45) is 0. The number of fused-ring (bicyclic) bond motifs is 1. The predicted octanol–water partition coefficient (Wildman–Crippen LogP) is 7.74. The predicted molar refractivity (Wildman–Crippen MR) is 130 cm³/mol. The Kier molecular flexibility index (Phi) is 6.86. The molecule has 0 saturated carbocycles. The van der Waals surface area contributed by atoms with Crippen molar-refractivity contribution in [2.45, 2.75) is 20.1 Å². The summed E-state index contributed by atoms with van der Waals surface area (Å²) in [6.45, 7) is 3.37. The van der Waals surface area contributed by atoms with Gasteiger partial charge in [-0.2, -0.15) is 0 Å². The molecule has 4 aromatic rings. The molecule has 158 valence electrons. The smallest absolute Gasteiger partial charge is 0.180 e. The number of hydrogen-bond donors (Lipinski definition) is 1. The SMILES string of the molecule is CCOc1cc(CNc2cccc3ccccc23)cc(Cl)c1OCc1ccccc1Cl. The highest BCUT2D eigenvalue weighted by atomic mass is 35.5. The first kappa shape index (κ1) is 21.4. The summed E-state index contributed by atoms with van der Waals surface area (Å²) in [7, 11) is 0. The van der Waals surface area contributed by atoms with Crippen molar-refractivity contribution in [3.05, 3.63) is 100 Å². The van der Waals surface area contributed by atoms with Crippen LogP contribution in [0.5, 0.6) is 11.5 Å². The fourth-order valence-electron chi connectivity index (χ4n) is 3.47. The van der Waals surface area contributed by atoms with Crippen molar-refractivity contribution in [2.24, 2.45) is 0 Å². The van der Waals surface area contributed by atoms with Crippen LogP contribution in [0.3, 0.4) is 0 Å². The monoisotopic (exact) mass is 451 g/mol. The minimum absolute atomic E-state index is 0.313. The number of nitrogens with one attached hydrogen (secondary N) is 1. The van der Waals surface area contributed by atoms with Crippen LogP contribution >= 0.6 is 23.2 Å². The van der Waals surface area contributed by atoms with E-state index >= 15 is 0 Å². The van der Waals surface area contributed by atoms with Crippen molar-refractivity contribution in [1.29, 1.82) is 0 Å². The van der Waals surface area contributed by atoms with Gasteiger partial charge in [-0.3, -0.25) is 0 Å². The van der Waals surface area contributed by atoms with Crippen molar-refractivity contribution in [1.82, 2.24) is 0 Å². The molecule has 3 nitrogen and oxygen atoms in total. The Labute approximate surface area is 192 Å². The third-order valence-corrected chi connectivity index (χ3v) is 5.62. The second-order valence-electron chi connectivity index (χ2n) is 7.10. The molecule has 0 fully saturated rings. The van der Waals surface area contributed by atoms with Gasteiger partial charge in [-0.25, -0.2) is 0 Å². The van der Waals surface area contributed by atoms with E-state index in [1.807, 2.05) is 55.5 Å². The first-order chi connectivity index (χ1) is 15.2. The number of benzene rings is 4. The van der Waals surface area contributed by atoms with E-state index in [2.05, 4.69) is 35.6 Å². The summed E-state index contributed by atoms with van der Waals surface area (Å²) >= 11 is 12.8. The number of anilines is 1. The number of ether oxygens (including phenoxy) is 2. The van der Waals surface area contributed by atoms with Gasteiger partial charge in [-0.05, 0) is 42.1 Å². The van der Waals surface area contributed by atoms with E-state index in [1.165, 1.54) is 10.8 Å². The van der Waals surface area contributed by atoms with E-state index < -0.39 is 0 Å². The average molecular weight is 452 g/mol. The third kappa shape index (κ3) is 5.07. The highest BCUT2D eigenvalue weighted by Gasteiger charge is 2.14. The van der Waals surface area contributed by atoms with Gasteiger partial charge in [-0.15, -0.1) is 0 Å². The van der Waals surface area contributed by atoms with Gasteiger partial charge in [-0.1, -0.05) is 77.8 Å². The summed E-state index contributed by atoms with van der Waals surface area (Å²) in [4.78, 5) is 0. The number of hydrogen-bond acceptors (Lipinski definition) is 3. The molecule has 0 bridgehead atoms. The fraction of sp³-hybridized carbons (Fsp3) is 0.154. The molecule has 0 aliphatic heterocycles. The molecule has 0 saturated heterocycles. The van der Waals surface area contributed by atoms with Crippen LogP contribution < -0.4 is 14.8 Å².